The zero-order chi connectivity index (χ0) is 19.4. The molecule has 0 unspecified atom stereocenters. The van der Waals surface area contributed by atoms with Gasteiger partial charge < -0.3 is 5.32 Å². The summed E-state index contributed by atoms with van der Waals surface area (Å²) in [4.78, 5) is 18.2. The summed E-state index contributed by atoms with van der Waals surface area (Å²) in [5.41, 5.74) is 0.954. The summed E-state index contributed by atoms with van der Waals surface area (Å²) in [6.45, 7) is 0. The first kappa shape index (κ1) is 20.8. The van der Waals surface area contributed by atoms with Gasteiger partial charge in [0.05, 0.1) is 10.8 Å². The standard InChI is InChI=1S/C18H12Cl4N2OS2/c19-11-2-1-10(14(21)6-11)5-13-8-23-18(27-13)24-17(25)9-26-16-4-3-12(20)7-15(16)22/h1-4,6-8H,5,9H2,(H,23,24,25). The quantitative estimate of drug-likeness (QED) is 0.385. The monoisotopic (exact) mass is 476 g/mol. The van der Waals surface area contributed by atoms with Crippen molar-refractivity contribution in [2.24, 2.45) is 0 Å². The predicted molar refractivity (Wildman–Crippen MR) is 117 cm³/mol. The normalized spacial score (nSPS) is 10.8. The molecule has 1 aromatic heterocycles. The Morgan fingerprint density at radius 2 is 1.74 bits per heavy atom. The van der Waals surface area contributed by atoms with E-state index >= 15 is 0 Å². The highest BCUT2D eigenvalue weighted by atomic mass is 35.5. The van der Waals surface area contributed by atoms with E-state index in [1.54, 1.807) is 36.5 Å². The number of nitrogens with zero attached hydrogens (tertiary/aromatic N) is 1. The second-order valence-electron chi connectivity index (χ2n) is 5.46. The first-order valence-corrected chi connectivity index (χ1v) is 11.0. The van der Waals surface area contributed by atoms with Crippen LogP contribution in [0.2, 0.25) is 20.1 Å². The summed E-state index contributed by atoms with van der Waals surface area (Å²) in [5.74, 6) is 0.0654. The van der Waals surface area contributed by atoms with E-state index in [-0.39, 0.29) is 11.7 Å². The lowest BCUT2D eigenvalue weighted by molar-refractivity contribution is -0.113. The van der Waals surface area contributed by atoms with Crippen LogP contribution in [0.3, 0.4) is 0 Å². The molecule has 0 bridgehead atoms. The van der Waals surface area contributed by atoms with E-state index in [9.17, 15) is 4.79 Å². The second-order valence-corrected chi connectivity index (χ2v) is 9.28. The number of hydrogen-bond acceptors (Lipinski definition) is 4. The maximum Gasteiger partial charge on any atom is 0.236 e. The van der Waals surface area contributed by atoms with Gasteiger partial charge in [-0.3, -0.25) is 4.79 Å². The van der Waals surface area contributed by atoms with Gasteiger partial charge in [-0.1, -0.05) is 52.5 Å². The number of anilines is 1. The lowest BCUT2D eigenvalue weighted by atomic mass is 10.1. The third kappa shape index (κ3) is 6.01. The van der Waals surface area contributed by atoms with E-state index < -0.39 is 0 Å². The van der Waals surface area contributed by atoms with E-state index in [1.165, 1.54) is 23.1 Å². The van der Waals surface area contributed by atoms with Crippen molar-refractivity contribution in [2.75, 3.05) is 11.1 Å². The fourth-order valence-electron chi connectivity index (χ4n) is 2.19. The highest BCUT2D eigenvalue weighted by Crippen LogP contribution is 2.30. The van der Waals surface area contributed by atoms with E-state index in [1.807, 2.05) is 6.07 Å². The fraction of sp³-hybridized carbons (Fsp3) is 0.111. The number of aromatic nitrogens is 1. The molecule has 3 nitrogen and oxygen atoms in total. The van der Waals surface area contributed by atoms with Crippen LogP contribution in [-0.2, 0) is 11.2 Å². The van der Waals surface area contributed by atoms with Gasteiger partial charge in [0.2, 0.25) is 5.91 Å². The van der Waals surface area contributed by atoms with E-state index in [2.05, 4.69) is 10.3 Å². The predicted octanol–water partition coefficient (Wildman–Crippen LogP) is 7.08. The third-order valence-electron chi connectivity index (χ3n) is 3.43. The lowest BCUT2D eigenvalue weighted by Crippen LogP contribution is -2.13. The van der Waals surface area contributed by atoms with Gasteiger partial charge in [0.15, 0.2) is 5.13 Å². The van der Waals surface area contributed by atoms with Crippen molar-refractivity contribution in [1.29, 1.82) is 0 Å². The number of carbonyl (C=O) groups is 1. The summed E-state index contributed by atoms with van der Waals surface area (Å²) in [7, 11) is 0. The van der Waals surface area contributed by atoms with Crippen LogP contribution in [0.25, 0.3) is 0 Å². The molecule has 3 aromatic rings. The number of thioether (sulfide) groups is 1. The summed E-state index contributed by atoms with van der Waals surface area (Å²) in [6.07, 6.45) is 2.35. The van der Waals surface area contributed by atoms with Gasteiger partial charge in [0, 0.05) is 37.5 Å². The van der Waals surface area contributed by atoms with Crippen molar-refractivity contribution in [2.45, 2.75) is 11.3 Å². The van der Waals surface area contributed by atoms with Gasteiger partial charge in [0.1, 0.15) is 0 Å². The minimum Gasteiger partial charge on any atom is -0.301 e. The highest BCUT2D eigenvalue weighted by molar-refractivity contribution is 8.00. The Labute approximate surface area is 185 Å². The Kier molecular flexibility index (Phi) is 7.31. The molecule has 0 radical (unpaired) electrons. The Balaban J connectivity index is 1.56. The van der Waals surface area contributed by atoms with Crippen LogP contribution >= 0.6 is 69.5 Å². The highest BCUT2D eigenvalue weighted by Gasteiger charge is 2.11. The van der Waals surface area contributed by atoms with Gasteiger partial charge in [-0.25, -0.2) is 4.98 Å². The molecular weight excluding hydrogens is 466 g/mol. The molecule has 0 saturated carbocycles. The number of rotatable bonds is 6. The third-order valence-corrected chi connectivity index (χ3v) is 6.67. The molecular formula is C18H12Cl4N2OS2. The van der Waals surface area contributed by atoms with Crippen LogP contribution < -0.4 is 5.32 Å². The molecule has 9 heteroatoms. The summed E-state index contributed by atoms with van der Waals surface area (Å²) in [6, 6.07) is 10.6. The second kappa shape index (κ2) is 9.50. The van der Waals surface area contributed by atoms with Gasteiger partial charge in [0.25, 0.3) is 0 Å². The van der Waals surface area contributed by atoms with Crippen molar-refractivity contribution in [3.63, 3.8) is 0 Å². The number of benzene rings is 2. The molecule has 0 aliphatic heterocycles. The number of thiazole rings is 1. The lowest BCUT2D eigenvalue weighted by Gasteiger charge is -2.04. The topological polar surface area (TPSA) is 42.0 Å². The molecule has 3 rings (SSSR count). The Bertz CT molecular complexity index is 978. The number of halogens is 4. The Morgan fingerprint density at radius 1 is 1.04 bits per heavy atom. The molecule has 1 amide bonds. The Hall–Kier alpha value is -0.950. The smallest absolute Gasteiger partial charge is 0.236 e. The molecule has 0 aliphatic carbocycles. The van der Waals surface area contributed by atoms with Crippen molar-refractivity contribution in [3.8, 4) is 0 Å². The first-order chi connectivity index (χ1) is 12.9. The van der Waals surface area contributed by atoms with E-state index in [0.717, 1.165) is 15.3 Å². The summed E-state index contributed by atoms with van der Waals surface area (Å²) >= 11 is 26.8. The molecule has 2 aromatic carbocycles. The van der Waals surface area contributed by atoms with E-state index in [4.69, 9.17) is 46.4 Å². The van der Waals surface area contributed by atoms with Gasteiger partial charge in [-0.15, -0.1) is 23.1 Å². The molecule has 0 spiro atoms. The van der Waals surface area contributed by atoms with E-state index in [0.29, 0.717) is 31.6 Å². The molecule has 27 heavy (non-hydrogen) atoms. The number of carbonyl (C=O) groups excluding carboxylic acids is 1. The summed E-state index contributed by atoms with van der Waals surface area (Å²) < 4.78 is 0. The average molecular weight is 478 g/mol. The largest absolute Gasteiger partial charge is 0.301 e. The molecule has 0 fully saturated rings. The minimum absolute atomic E-state index is 0.156. The number of hydrogen-bond donors (Lipinski definition) is 1. The van der Waals surface area contributed by atoms with Crippen LogP contribution in [0.4, 0.5) is 5.13 Å². The zero-order valence-corrected chi connectivity index (χ0v) is 18.3. The SMILES string of the molecule is O=C(CSc1ccc(Cl)cc1Cl)Nc1ncc(Cc2ccc(Cl)cc2Cl)s1. The van der Waals surface area contributed by atoms with Crippen LogP contribution in [0.15, 0.2) is 47.5 Å². The van der Waals surface area contributed by atoms with Crippen LogP contribution in [0, 0.1) is 0 Å². The molecule has 140 valence electrons. The molecule has 0 saturated heterocycles. The van der Waals surface area contributed by atoms with Crippen LogP contribution in [-0.4, -0.2) is 16.6 Å². The molecule has 0 atom stereocenters. The van der Waals surface area contributed by atoms with Gasteiger partial charge >= 0.3 is 0 Å². The zero-order valence-electron chi connectivity index (χ0n) is 13.6. The van der Waals surface area contributed by atoms with Crippen molar-refractivity contribution < 1.29 is 4.79 Å². The number of amides is 1. The molecule has 0 aliphatic rings. The first-order valence-electron chi connectivity index (χ1n) is 7.67. The van der Waals surface area contributed by atoms with Gasteiger partial charge in [-0.05, 0) is 35.9 Å². The maximum atomic E-state index is 12.2. The minimum atomic E-state index is -0.156. The van der Waals surface area contributed by atoms with Crippen LogP contribution in [0.1, 0.15) is 10.4 Å². The fourth-order valence-corrected chi connectivity index (χ4v) is 4.81. The van der Waals surface area contributed by atoms with Crippen molar-refractivity contribution in [3.05, 3.63) is 73.1 Å². The maximum absolute atomic E-state index is 12.2. The van der Waals surface area contributed by atoms with Crippen molar-refractivity contribution in [1.82, 2.24) is 4.98 Å². The average Bonchev–Trinajstić information content (AvgIpc) is 3.03. The molecule has 1 heterocycles. The Morgan fingerprint density at radius 3 is 2.44 bits per heavy atom. The van der Waals surface area contributed by atoms with Gasteiger partial charge in [-0.2, -0.15) is 0 Å². The van der Waals surface area contributed by atoms with Crippen LogP contribution in [0.5, 0.6) is 0 Å². The number of nitrogens with one attached hydrogen (secondary N) is 1. The molecule has 1 N–H and O–H groups in total. The summed E-state index contributed by atoms with van der Waals surface area (Å²) in [5, 5.41) is 5.63. The van der Waals surface area contributed by atoms with Crippen molar-refractivity contribution >= 4 is 80.5 Å².